The van der Waals surface area contributed by atoms with Crippen molar-refractivity contribution in [1.82, 2.24) is 14.8 Å². The minimum Gasteiger partial charge on any atom is -0.328 e. The van der Waals surface area contributed by atoms with E-state index in [-0.39, 0.29) is 17.2 Å². The van der Waals surface area contributed by atoms with E-state index in [4.69, 9.17) is 33.3 Å². The normalized spacial score (nSPS) is 18.3. The van der Waals surface area contributed by atoms with E-state index in [2.05, 4.69) is 50.4 Å². The molecule has 1 aliphatic heterocycles. The molecular formula is C25H24Cl2N4O. The smallest absolute Gasteiger partial charge is 0.226 e. The summed E-state index contributed by atoms with van der Waals surface area (Å²) < 4.78 is 1.80. The molecule has 1 atom stereocenters. The van der Waals surface area contributed by atoms with Gasteiger partial charge >= 0.3 is 0 Å². The molecule has 5 rings (SSSR count). The average Bonchev–Trinajstić information content (AvgIpc) is 3.18. The minimum absolute atomic E-state index is 0.0727. The second-order valence-electron chi connectivity index (χ2n) is 9.40. The number of halogens is 2. The molecule has 0 radical (unpaired) electrons. The number of carbonyl (C=O) groups is 1. The average molecular weight is 467 g/mol. The monoisotopic (exact) mass is 466 g/mol. The van der Waals surface area contributed by atoms with Crippen molar-refractivity contribution in [3.63, 3.8) is 0 Å². The van der Waals surface area contributed by atoms with Crippen LogP contribution in [-0.2, 0) is 10.2 Å². The second-order valence-corrected chi connectivity index (χ2v) is 10.2. The molecule has 7 heteroatoms. The predicted octanol–water partition coefficient (Wildman–Crippen LogP) is 6.57. The molecule has 0 fully saturated rings. The molecule has 3 aromatic rings. The van der Waals surface area contributed by atoms with Crippen LogP contribution in [-0.4, -0.2) is 20.5 Å². The highest BCUT2D eigenvalue weighted by atomic mass is 35.5. The Morgan fingerprint density at radius 2 is 1.78 bits per heavy atom. The lowest BCUT2D eigenvalue weighted by Crippen LogP contribution is -2.31. The van der Waals surface area contributed by atoms with Crippen LogP contribution in [0.25, 0.3) is 11.4 Å². The van der Waals surface area contributed by atoms with Crippen LogP contribution in [0.15, 0.2) is 53.7 Å². The topological polar surface area (TPSA) is 59.8 Å². The van der Waals surface area contributed by atoms with Gasteiger partial charge in [0.25, 0.3) is 0 Å². The van der Waals surface area contributed by atoms with Crippen molar-refractivity contribution in [2.75, 3.05) is 5.32 Å². The number of ketones is 1. The first-order valence-corrected chi connectivity index (χ1v) is 11.5. The maximum atomic E-state index is 13.0. The highest BCUT2D eigenvalue weighted by Gasteiger charge is 2.37. The third-order valence-corrected chi connectivity index (χ3v) is 6.88. The van der Waals surface area contributed by atoms with Crippen molar-refractivity contribution in [2.24, 2.45) is 0 Å². The molecule has 0 bridgehead atoms. The Balaban J connectivity index is 1.62. The van der Waals surface area contributed by atoms with Crippen LogP contribution < -0.4 is 5.32 Å². The summed E-state index contributed by atoms with van der Waals surface area (Å²) in [6, 6.07) is 13.4. The zero-order valence-electron chi connectivity index (χ0n) is 18.2. The fourth-order valence-corrected chi connectivity index (χ4v) is 4.69. The van der Waals surface area contributed by atoms with E-state index in [9.17, 15) is 4.79 Å². The fourth-order valence-electron chi connectivity index (χ4n) is 4.39. The van der Waals surface area contributed by atoms with Gasteiger partial charge in [-0.25, -0.2) is 4.68 Å². The zero-order valence-corrected chi connectivity index (χ0v) is 19.8. The van der Waals surface area contributed by atoms with E-state index in [1.54, 1.807) is 10.7 Å². The molecule has 164 valence electrons. The number of anilines is 1. The SMILES string of the molecule is CC(C)(C)c1ccc(-c2nc3n(n2)C(c2ccc(Cl)c(Cl)c2)C2=C(CCCC2=O)N3)cc1. The van der Waals surface area contributed by atoms with E-state index < -0.39 is 0 Å². The fraction of sp³-hybridized carbons (Fsp3) is 0.320. The molecule has 2 aromatic carbocycles. The van der Waals surface area contributed by atoms with Crippen molar-refractivity contribution in [1.29, 1.82) is 0 Å². The number of rotatable bonds is 2. The van der Waals surface area contributed by atoms with Gasteiger partial charge in [-0.3, -0.25) is 4.79 Å². The lowest BCUT2D eigenvalue weighted by atomic mass is 9.85. The molecule has 2 aliphatic rings. The van der Waals surface area contributed by atoms with Crippen LogP contribution in [0.4, 0.5) is 5.95 Å². The number of carbonyl (C=O) groups excluding carboxylic acids is 1. The van der Waals surface area contributed by atoms with E-state index in [1.807, 2.05) is 12.1 Å². The van der Waals surface area contributed by atoms with E-state index >= 15 is 0 Å². The number of aromatic nitrogens is 3. The molecule has 32 heavy (non-hydrogen) atoms. The highest BCUT2D eigenvalue weighted by molar-refractivity contribution is 6.42. The zero-order chi connectivity index (χ0) is 22.6. The molecule has 1 unspecified atom stereocenters. The first kappa shape index (κ1) is 21.2. The molecule has 0 saturated heterocycles. The number of nitrogens with one attached hydrogen (secondary N) is 1. The third-order valence-electron chi connectivity index (χ3n) is 6.14. The number of Topliss-reactive ketones (excluding diaryl/α,β-unsaturated/α-hetero) is 1. The molecule has 5 nitrogen and oxygen atoms in total. The number of hydrogen-bond acceptors (Lipinski definition) is 4. The van der Waals surface area contributed by atoms with E-state index in [0.29, 0.717) is 28.2 Å². The molecule has 2 heterocycles. The summed E-state index contributed by atoms with van der Waals surface area (Å²) >= 11 is 12.5. The summed E-state index contributed by atoms with van der Waals surface area (Å²) in [7, 11) is 0. The highest BCUT2D eigenvalue weighted by Crippen LogP contribution is 2.41. The molecule has 1 N–H and O–H groups in total. The number of benzene rings is 2. The molecule has 0 spiro atoms. The van der Waals surface area contributed by atoms with Crippen molar-refractivity contribution in [3.8, 4) is 11.4 Å². The van der Waals surface area contributed by atoms with Crippen LogP contribution in [0.2, 0.25) is 10.0 Å². The summed E-state index contributed by atoms with van der Waals surface area (Å²) in [5, 5.41) is 9.13. The van der Waals surface area contributed by atoms with Gasteiger partial charge in [0.1, 0.15) is 6.04 Å². The van der Waals surface area contributed by atoms with Gasteiger partial charge in [0.05, 0.1) is 10.0 Å². The Hall–Kier alpha value is -2.63. The van der Waals surface area contributed by atoms with Gasteiger partial charge in [-0.2, -0.15) is 4.98 Å². The van der Waals surface area contributed by atoms with Gasteiger partial charge in [0.15, 0.2) is 11.6 Å². The number of nitrogens with zero attached hydrogens (tertiary/aromatic N) is 3. The van der Waals surface area contributed by atoms with Gasteiger partial charge in [-0.15, -0.1) is 5.10 Å². The summed E-state index contributed by atoms with van der Waals surface area (Å²) in [4.78, 5) is 17.7. The quantitative estimate of drug-likeness (QED) is 0.463. The van der Waals surface area contributed by atoms with E-state index in [0.717, 1.165) is 35.2 Å². The molecule has 0 saturated carbocycles. The first-order chi connectivity index (χ1) is 15.2. The summed E-state index contributed by atoms with van der Waals surface area (Å²) in [5.74, 6) is 1.38. The first-order valence-electron chi connectivity index (χ1n) is 10.8. The number of hydrogen-bond donors (Lipinski definition) is 1. The van der Waals surface area contributed by atoms with Crippen molar-refractivity contribution in [2.45, 2.75) is 51.5 Å². The Morgan fingerprint density at radius 1 is 1.03 bits per heavy atom. The van der Waals surface area contributed by atoms with Crippen LogP contribution in [0.3, 0.4) is 0 Å². The number of allylic oxidation sites excluding steroid dienone is 2. The minimum atomic E-state index is -0.390. The lowest BCUT2D eigenvalue weighted by Gasteiger charge is -2.32. The van der Waals surface area contributed by atoms with Crippen molar-refractivity contribution in [3.05, 3.63) is 74.9 Å². The predicted molar refractivity (Wildman–Crippen MR) is 128 cm³/mol. The Bertz CT molecular complexity index is 1250. The van der Waals surface area contributed by atoms with Gasteiger partial charge in [-0.1, -0.05) is 74.3 Å². The summed E-state index contributed by atoms with van der Waals surface area (Å²) in [6.45, 7) is 6.57. The standard InChI is InChI=1S/C25H24Cl2N4O/c1-25(2,3)16-10-7-14(8-11-16)23-29-24-28-19-5-4-6-20(32)21(19)22(31(24)30-23)15-9-12-17(26)18(27)13-15/h7-13,22H,4-6H2,1-3H3,(H,28,29,30). The lowest BCUT2D eigenvalue weighted by molar-refractivity contribution is -0.116. The Kier molecular flexibility index (Phi) is 5.14. The second kappa shape index (κ2) is 7.75. The van der Waals surface area contributed by atoms with Gasteiger partial charge in [0, 0.05) is 23.3 Å². The largest absolute Gasteiger partial charge is 0.328 e. The van der Waals surface area contributed by atoms with Crippen molar-refractivity contribution >= 4 is 34.9 Å². The van der Waals surface area contributed by atoms with E-state index in [1.165, 1.54) is 5.56 Å². The summed E-state index contributed by atoms with van der Waals surface area (Å²) in [6.07, 6.45) is 2.17. The van der Waals surface area contributed by atoms with Crippen LogP contribution in [0, 0.1) is 0 Å². The van der Waals surface area contributed by atoms with Crippen LogP contribution in [0.1, 0.15) is 57.2 Å². The van der Waals surface area contributed by atoms with Gasteiger partial charge in [0.2, 0.25) is 5.95 Å². The van der Waals surface area contributed by atoms with Crippen molar-refractivity contribution < 1.29 is 4.79 Å². The number of fused-ring (bicyclic) bond motifs is 1. The maximum absolute atomic E-state index is 13.0. The Labute approximate surface area is 197 Å². The molecular weight excluding hydrogens is 443 g/mol. The van der Waals surface area contributed by atoms with Gasteiger partial charge < -0.3 is 5.32 Å². The van der Waals surface area contributed by atoms with Gasteiger partial charge in [-0.05, 0) is 41.5 Å². The van der Waals surface area contributed by atoms with Crippen LogP contribution in [0.5, 0.6) is 0 Å². The van der Waals surface area contributed by atoms with Crippen LogP contribution >= 0.6 is 23.2 Å². The molecule has 1 aromatic heterocycles. The molecule has 1 aliphatic carbocycles. The third kappa shape index (κ3) is 3.63. The maximum Gasteiger partial charge on any atom is 0.226 e. The Morgan fingerprint density at radius 3 is 2.47 bits per heavy atom. The summed E-state index contributed by atoms with van der Waals surface area (Å²) in [5.41, 5.74) is 4.78. The molecule has 0 amide bonds.